The number of unbranched alkanes of at least 4 members (excludes halogenated alkanes) is 1. The second-order valence-electron chi connectivity index (χ2n) is 5.41. The molecule has 0 aliphatic heterocycles. The van der Waals surface area contributed by atoms with Crippen LogP contribution in [0.4, 0.5) is 0 Å². The van der Waals surface area contributed by atoms with Crippen LogP contribution in [0.25, 0.3) is 0 Å². The Hall–Kier alpha value is -0.610. The number of hydrogen-bond donors (Lipinski definition) is 2. The van der Waals surface area contributed by atoms with Crippen molar-refractivity contribution in [2.24, 2.45) is 16.9 Å². The van der Waals surface area contributed by atoms with Gasteiger partial charge in [-0.3, -0.25) is 9.69 Å². The summed E-state index contributed by atoms with van der Waals surface area (Å²) >= 11 is 0. The topological polar surface area (TPSA) is 72.3 Å². The lowest BCUT2D eigenvalue weighted by Crippen LogP contribution is -2.51. The van der Waals surface area contributed by atoms with Crippen molar-refractivity contribution in [3.63, 3.8) is 0 Å². The standard InChI is InChI=1S/C12H27N3O/c1-5-6-7-15(9-11(14)16)10(8-13)12(2,3)4/h10H,5-9,13H2,1-4H3,(H2,14,16). The van der Waals surface area contributed by atoms with E-state index in [1.165, 1.54) is 0 Å². The van der Waals surface area contributed by atoms with Crippen LogP contribution in [0.3, 0.4) is 0 Å². The predicted octanol–water partition coefficient (Wildman–Crippen LogP) is 0.947. The van der Waals surface area contributed by atoms with Gasteiger partial charge < -0.3 is 11.5 Å². The van der Waals surface area contributed by atoms with Crippen molar-refractivity contribution in [3.05, 3.63) is 0 Å². The first kappa shape index (κ1) is 15.4. The lowest BCUT2D eigenvalue weighted by atomic mass is 9.85. The Labute approximate surface area is 99.4 Å². The third-order valence-corrected chi connectivity index (χ3v) is 2.82. The van der Waals surface area contributed by atoms with Crippen molar-refractivity contribution in [3.8, 4) is 0 Å². The molecule has 4 heteroatoms. The quantitative estimate of drug-likeness (QED) is 0.682. The first-order valence-electron chi connectivity index (χ1n) is 6.05. The van der Waals surface area contributed by atoms with E-state index in [2.05, 4.69) is 32.6 Å². The molecule has 0 saturated heterocycles. The zero-order valence-corrected chi connectivity index (χ0v) is 11.1. The van der Waals surface area contributed by atoms with Crippen molar-refractivity contribution in [1.82, 2.24) is 4.90 Å². The van der Waals surface area contributed by atoms with Crippen molar-refractivity contribution >= 4 is 5.91 Å². The van der Waals surface area contributed by atoms with Crippen LogP contribution >= 0.6 is 0 Å². The summed E-state index contributed by atoms with van der Waals surface area (Å²) in [6, 6.07) is 0.201. The predicted molar refractivity (Wildman–Crippen MR) is 68.0 cm³/mol. The molecule has 0 aromatic carbocycles. The first-order valence-corrected chi connectivity index (χ1v) is 6.05. The van der Waals surface area contributed by atoms with Crippen LogP contribution < -0.4 is 11.5 Å². The number of carbonyl (C=O) groups is 1. The number of nitrogens with two attached hydrogens (primary N) is 2. The fraction of sp³-hybridized carbons (Fsp3) is 0.917. The maximum Gasteiger partial charge on any atom is 0.231 e. The molecule has 1 atom stereocenters. The van der Waals surface area contributed by atoms with Crippen LogP contribution in [-0.2, 0) is 4.79 Å². The highest BCUT2D eigenvalue weighted by molar-refractivity contribution is 5.75. The molecule has 0 aromatic heterocycles. The third kappa shape index (κ3) is 5.47. The van der Waals surface area contributed by atoms with Gasteiger partial charge in [-0.25, -0.2) is 0 Å². The number of rotatable bonds is 7. The Bertz CT molecular complexity index is 211. The number of primary amides is 1. The van der Waals surface area contributed by atoms with Crippen LogP contribution in [-0.4, -0.2) is 36.5 Å². The average molecular weight is 229 g/mol. The second kappa shape index (κ2) is 6.86. The highest BCUT2D eigenvalue weighted by Crippen LogP contribution is 2.23. The zero-order valence-electron chi connectivity index (χ0n) is 11.1. The summed E-state index contributed by atoms with van der Waals surface area (Å²) in [6.45, 7) is 10.3. The lowest BCUT2D eigenvalue weighted by molar-refractivity contribution is -0.120. The van der Waals surface area contributed by atoms with Crippen molar-refractivity contribution < 1.29 is 4.79 Å². The molecule has 0 saturated carbocycles. The van der Waals surface area contributed by atoms with Crippen LogP contribution in [0, 0.1) is 5.41 Å². The van der Waals surface area contributed by atoms with E-state index in [0.717, 1.165) is 19.4 Å². The molecule has 16 heavy (non-hydrogen) atoms. The van der Waals surface area contributed by atoms with Gasteiger partial charge in [0.25, 0.3) is 0 Å². The second-order valence-corrected chi connectivity index (χ2v) is 5.41. The minimum Gasteiger partial charge on any atom is -0.369 e. The summed E-state index contributed by atoms with van der Waals surface area (Å²) in [7, 11) is 0. The van der Waals surface area contributed by atoms with Crippen LogP contribution in [0.15, 0.2) is 0 Å². The molecule has 96 valence electrons. The molecule has 1 unspecified atom stereocenters. The van der Waals surface area contributed by atoms with Gasteiger partial charge in [0.2, 0.25) is 5.91 Å². The number of hydrogen-bond acceptors (Lipinski definition) is 3. The van der Waals surface area contributed by atoms with Gasteiger partial charge in [-0.15, -0.1) is 0 Å². The molecule has 0 heterocycles. The monoisotopic (exact) mass is 229 g/mol. The minimum absolute atomic E-state index is 0.0674. The number of amides is 1. The van der Waals surface area contributed by atoms with Crippen LogP contribution in [0.1, 0.15) is 40.5 Å². The van der Waals surface area contributed by atoms with Gasteiger partial charge in [0.05, 0.1) is 6.54 Å². The molecular formula is C12H27N3O. The largest absolute Gasteiger partial charge is 0.369 e. The van der Waals surface area contributed by atoms with Crippen molar-refractivity contribution in [2.75, 3.05) is 19.6 Å². The molecule has 0 spiro atoms. The molecule has 0 aliphatic carbocycles. The van der Waals surface area contributed by atoms with E-state index < -0.39 is 0 Å². The maximum absolute atomic E-state index is 11.1. The fourth-order valence-electron chi connectivity index (χ4n) is 1.96. The molecule has 1 amide bonds. The zero-order chi connectivity index (χ0) is 12.8. The Balaban J connectivity index is 4.61. The Morgan fingerprint density at radius 1 is 1.38 bits per heavy atom. The molecule has 0 aromatic rings. The summed E-state index contributed by atoms with van der Waals surface area (Å²) in [4.78, 5) is 13.2. The van der Waals surface area contributed by atoms with E-state index >= 15 is 0 Å². The third-order valence-electron chi connectivity index (χ3n) is 2.82. The molecule has 4 N–H and O–H groups in total. The fourth-order valence-corrected chi connectivity index (χ4v) is 1.96. The smallest absolute Gasteiger partial charge is 0.231 e. The molecule has 0 radical (unpaired) electrons. The van der Waals surface area contributed by atoms with Gasteiger partial charge in [0, 0.05) is 12.6 Å². The van der Waals surface area contributed by atoms with Crippen LogP contribution in [0.5, 0.6) is 0 Å². The molecule has 0 fully saturated rings. The molecule has 0 aliphatic rings. The average Bonchev–Trinajstić information content (AvgIpc) is 2.11. The van der Waals surface area contributed by atoms with Crippen LogP contribution in [0.2, 0.25) is 0 Å². The minimum atomic E-state index is -0.279. The maximum atomic E-state index is 11.1. The summed E-state index contributed by atoms with van der Waals surface area (Å²) in [5.41, 5.74) is 11.2. The van der Waals surface area contributed by atoms with Gasteiger partial charge in [0.1, 0.15) is 0 Å². The molecular weight excluding hydrogens is 202 g/mol. The van der Waals surface area contributed by atoms with E-state index in [4.69, 9.17) is 11.5 Å². The van der Waals surface area contributed by atoms with Gasteiger partial charge in [-0.05, 0) is 18.4 Å². The van der Waals surface area contributed by atoms with Gasteiger partial charge in [-0.2, -0.15) is 0 Å². The van der Waals surface area contributed by atoms with E-state index in [-0.39, 0.29) is 17.4 Å². The van der Waals surface area contributed by atoms with Crippen molar-refractivity contribution in [1.29, 1.82) is 0 Å². The summed E-state index contributed by atoms with van der Waals surface area (Å²) in [6.07, 6.45) is 2.18. The normalized spacial score (nSPS) is 14.1. The molecule has 0 bridgehead atoms. The SMILES string of the molecule is CCCCN(CC(N)=O)C(CN)C(C)(C)C. The number of nitrogens with zero attached hydrogens (tertiary/aromatic N) is 1. The summed E-state index contributed by atoms with van der Waals surface area (Å²) in [5, 5.41) is 0. The van der Waals surface area contributed by atoms with Gasteiger partial charge >= 0.3 is 0 Å². The van der Waals surface area contributed by atoms with Gasteiger partial charge in [-0.1, -0.05) is 34.1 Å². The van der Waals surface area contributed by atoms with E-state index in [0.29, 0.717) is 13.1 Å². The lowest BCUT2D eigenvalue weighted by Gasteiger charge is -2.39. The van der Waals surface area contributed by atoms with E-state index in [9.17, 15) is 4.79 Å². The Morgan fingerprint density at radius 3 is 2.25 bits per heavy atom. The summed E-state index contributed by atoms with van der Waals surface area (Å²) in [5.74, 6) is -0.279. The van der Waals surface area contributed by atoms with Gasteiger partial charge in [0.15, 0.2) is 0 Å². The highest BCUT2D eigenvalue weighted by Gasteiger charge is 2.29. The Kier molecular flexibility index (Phi) is 6.60. The van der Waals surface area contributed by atoms with E-state index in [1.54, 1.807) is 0 Å². The first-order chi connectivity index (χ1) is 7.32. The Morgan fingerprint density at radius 2 is 1.94 bits per heavy atom. The highest BCUT2D eigenvalue weighted by atomic mass is 16.1. The summed E-state index contributed by atoms with van der Waals surface area (Å²) < 4.78 is 0. The van der Waals surface area contributed by atoms with E-state index in [1.807, 2.05) is 0 Å². The number of carbonyl (C=O) groups excluding carboxylic acids is 1. The van der Waals surface area contributed by atoms with Crippen molar-refractivity contribution in [2.45, 2.75) is 46.6 Å². The molecule has 4 nitrogen and oxygen atoms in total. The molecule has 0 rings (SSSR count).